The van der Waals surface area contributed by atoms with Crippen LogP contribution in [0.2, 0.25) is 5.02 Å². The molecule has 1 aliphatic rings. The lowest BCUT2D eigenvalue weighted by Crippen LogP contribution is -2.52. The highest BCUT2D eigenvalue weighted by molar-refractivity contribution is 6.32. The predicted molar refractivity (Wildman–Crippen MR) is 101 cm³/mol. The second-order valence-electron chi connectivity index (χ2n) is 6.09. The summed E-state index contributed by atoms with van der Waals surface area (Å²) in [7, 11) is 0. The first-order valence-corrected chi connectivity index (χ1v) is 9.07. The summed E-state index contributed by atoms with van der Waals surface area (Å²) < 4.78 is 5.88. The Morgan fingerprint density at radius 2 is 1.68 bits per heavy atom. The maximum absolute atomic E-state index is 12.8. The number of amides is 1. The van der Waals surface area contributed by atoms with Crippen molar-refractivity contribution in [2.45, 2.75) is 19.4 Å². The number of carbonyl (C=O) groups excluding carboxylic acids is 1. The lowest BCUT2D eigenvalue weighted by atomic mass is 10.2. The number of halogens is 1. The zero-order chi connectivity index (χ0) is 17.6. The smallest absolute Gasteiger partial charge is 0.263 e. The van der Waals surface area contributed by atoms with E-state index in [1.54, 1.807) is 12.1 Å². The molecule has 25 heavy (non-hydrogen) atoms. The molecule has 1 atom stereocenters. The van der Waals surface area contributed by atoms with Crippen molar-refractivity contribution < 1.29 is 9.53 Å². The monoisotopic (exact) mass is 358 g/mol. The van der Waals surface area contributed by atoms with Gasteiger partial charge in [0, 0.05) is 31.9 Å². The molecule has 2 aromatic rings. The zero-order valence-corrected chi connectivity index (χ0v) is 15.2. The van der Waals surface area contributed by atoms with E-state index < -0.39 is 6.10 Å². The van der Waals surface area contributed by atoms with E-state index >= 15 is 0 Å². The Hall–Kier alpha value is -2.20. The minimum absolute atomic E-state index is 0.0372. The summed E-state index contributed by atoms with van der Waals surface area (Å²) in [5.74, 6) is 0.599. The molecule has 0 aliphatic carbocycles. The minimum Gasteiger partial charge on any atom is -0.479 e. The van der Waals surface area contributed by atoms with Gasteiger partial charge in [-0.25, -0.2) is 0 Å². The molecular formula is C20H23ClN2O2. The average Bonchev–Trinajstić information content (AvgIpc) is 2.68. The fraction of sp³-hybridized carbons (Fsp3) is 0.350. The Labute approximate surface area is 154 Å². The number of para-hydroxylation sites is 2. The first kappa shape index (κ1) is 17.6. The van der Waals surface area contributed by atoms with Crippen LogP contribution in [0, 0.1) is 0 Å². The van der Waals surface area contributed by atoms with E-state index in [0.717, 1.165) is 13.1 Å². The number of anilines is 1. The van der Waals surface area contributed by atoms with Gasteiger partial charge in [0.2, 0.25) is 0 Å². The van der Waals surface area contributed by atoms with Gasteiger partial charge in [-0.2, -0.15) is 0 Å². The SMILES string of the molecule is CC[C@H](Oc1ccccc1Cl)C(=O)N1CCN(c2ccccc2)CC1. The van der Waals surface area contributed by atoms with Crippen molar-refractivity contribution in [1.29, 1.82) is 0 Å². The first-order chi connectivity index (χ1) is 12.2. The maximum atomic E-state index is 12.8. The number of carbonyl (C=O) groups is 1. The number of hydrogen-bond donors (Lipinski definition) is 0. The minimum atomic E-state index is -0.497. The summed E-state index contributed by atoms with van der Waals surface area (Å²) in [6.45, 7) is 5.03. The standard InChI is InChI=1S/C20H23ClN2O2/c1-2-18(25-19-11-7-6-10-17(19)21)20(24)23-14-12-22(13-15-23)16-8-4-3-5-9-16/h3-11,18H,2,12-15H2,1H3/t18-/m0/s1. The molecule has 0 spiro atoms. The van der Waals surface area contributed by atoms with E-state index in [1.807, 2.05) is 42.2 Å². The molecule has 1 heterocycles. The summed E-state index contributed by atoms with van der Waals surface area (Å²) in [5.41, 5.74) is 1.20. The molecule has 1 fully saturated rings. The molecule has 1 aliphatic heterocycles. The van der Waals surface area contributed by atoms with Gasteiger partial charge in [-0.05, 0) is 30.7 Å². The third-order valence-electron chi connectivity index (χ3n) is 4.46. The molecule has 1 amide bonds. The van der Waals surface area contributed by atoms with Crippen LogP contribution >= 0.6 is 11.6 Å². The summed E-state index contributed by atoms with van der Waals surface area (Å²) in [6, 6.07) is 17.6. The predicted octanol–water partition coefficient (Wildman–Crippen LogP) is 3.85. The van der Waals surface area contributed by atoms with E-state index in [-0.39, 0.29) is 5.91 Å². The van der Waals surface area contributed by atoms with Gasteiger partial charge in [-0.1, -0.05) is 48.9 Å². The molecule has 0 aromatic heterocycles. The number of nitrogens with zero attached hydrogens (tertiary/aromatic N) is 2. The van der Waals surface area contributed by atoms with E-state index in [0.29, 0.717) is 30.3 Å². The van der Waals surface area contributed by atoms with Crippen LogP contribution in [0.4, 0.5) is 5.69 Å². The number of hydrogen-bond acceptors (Lipinski definition) is 3. The average molecular weight is 359 g/mol. The van der Waals surface area contributed by atoms with Crippen LogP contribution in [0.15, 0.2) is 54.6 Å². The molecule has 0 unspecified atom stereocenters. The lowest BCUT2D eigenvalue weighted by Gasteiger charge is -2.37. The van der Waals surface area contributed by atoms with Gasteiger partial charge in [-0.15, -0.1) is 0 Å². The van der Waals surface area contributed by atoms with Crippen molar-refractivity contribution in [3.05, 3.63) is 59.6 Å². The molecule has 132 valence electrons. The highest BCUT2D eigenvalue weighted by atomic mass is 35.5. The van der Waals surface area contributed by atoms with Crippen LogP contribution in [-0.4, -0.2) is 43.1 Å². The molecule has 0 bridgehead atoms. The van der Waals surface area contributed by atoms with Crippen LogP contribution in [0.1, 0.15) is 13.3 Å². The molecule has 3 rings (SSSR count). The fourth-order valence-corrected chi connectivity index (χ4v) is 3.21. The van der Waals surface area contributed by atoms with Crippen molar-refractivity contribution in [1.82, 2.24) is 4.90 Å². The molecule has 4 nitrogen and oxygen atoms in total. The van der Waals surface area contributed by atoms with Crippen LogP contribution in [0.5, 0.6) is 5.75 Å². The molecule has 5 heteroatoms. The molecule has 1 saturated heterocycles. The highest BCUT2D eigenvalue weighted by Crippen LogP contribution is 2.25. The van der Waals surface area contributed by atoms with Crippen molar-refractivity contribution >= 4 is 23.2 Å². The quantitative estimate of drug-likeness (QED) is 0.814. The number of piperazine rings is 1. The van der Waals surface area contributed by atoms with Crippen molar-refractivity contribution in [2.24, 2.45) is 0 Å². The third-order valence-corrected chi connectivity index (χ3v) is 4.78. The largest absolute Gasteiger partial charge is 0.479 e. The van der Waals surface area contributed by atoms with Crippen molar-refractivity contribution in [2.75, 3.05) is 31.1 Å². The van der Waals surface area contributed by atoms with Gasteiger partial charge in [0.25, 0.3) is 5.91 Å². The Kier molecular flexibility index (Phi) is 5.82. The number of benzene rings is 2. The van der Waals surface area contributed by atoms with Crippen LogP contribution in [-0.2, 0) is 4.79 Å². The van der Waals surface area contributed by atoms with Gasteiger partial charge in [-0.3, -0.25) is 4.79 Å². The lowest BCUT2D eigenvalue weighted by molar-refractivity contribution is -0.139. The Balaban J connectivity index is 1.60. The van der Waals surface area contributed by atoms with E-state index in [4.69, 9.17) is 16.3 Å². The highest BCUT2D eigenvalue weighted by Gasteiger charge is 2.28. The summed E-state index contributed by atoms with van der Waals surface area (Å²) in [5, 5.41) is 0.530. The third kappa shape index (κ3) is 4.26. The molecule has 0 N–H and O–H groups in total. The zero-order valence-electron chi connectivity index (χ0n) is 14.4. The van der Waals surface area contributed by atoms with Crippen molar-refractivity contribution in [3.8, 4) is 5.75 Å². The van der Waals surface area contributed by atoms with Gasteiger partial charge < -0.3 is 14.5 Å². The van der Waals surface area contributed by atoms with E-state index in [9.17, 15) is 4.79 Å². The Morgan fingerprint density at radius 1 is 1.04 bits per heavy atom. The second-order valence-corrected chi connectivity index (χ2v) is 6.50. The number of ether oxygens (including phenoxy) is 1. The van der Waals surface area contributed by atoms with Crippen LogP contribution < -0.4 is 9.64 Å². The summed E-state index contributed by atoms with van der Waals surface area (Å²) in [6.07, 6.45) is 0.117. The molecule has 2 aromatic carbocycles. The molecular weight excluding hydrogens is 336 g/mol. The second kappa shape index (κ2) is 8.26. The van der Waals surface area contributed by atoms with Crippen molar-refractivity contribution in [3.63, 3.8) is 0 Å². The Morgan fingerprint density at radius 3 is 2.32 bits per heavy atom. The van der Waals surface area contributed by atoms with Gasteiger partial charge >= 0.3 is 0 Å². The summed E-state index contributed by atoms with van der Waals surface area (Å²) in [4.78, 5) is 17.0. The first-order valence-electron chi connectivity index (χ1n) is 8.69. The Bertz CT molecular complexity index is 700. The molecule has 0 radical (unpaired) electrons. The van der Waals surface area contributed by atoms with E-state index in [1.165, 1.54) is 5.69 Å². The number of rotatable bonds is 5. The van der Waals surface area contributed by atoms with Crippen LogP contribution in [0.3, 0.4) is 0 Å². The molecule has 0 saturated carbocycles. The fourth-order valence-electron chi connectivity index (χ4n) is 3.03. The maximum Gasteiger partial charge on any atom is 0.263 e. The normalized spacial score (nSPS) is 15.8. The van der Waals surface area contributed by atoms with Gasteiger partial charge in [0.05, 0.1) is 5.02 Å². The van der Waals surface area contributed by atoms with Crippen LogP contribution in [0.25, 0.3) is 0 Å². The van der Waals surface area contributed by atoms with Gasteiger partial charge in [0.15, 0.2) is 6.10 Å². The van der Waals surface area contributed by atoms with E-state index in [2.05, 4.69) is 17.0 Å². The summed E-state index contributed by atoms with van der Waals surface area (Å²) >= 11 is 6.15. The van der Waals surface area contributed by atoms with Gasteiger partial charge in [0.1, 0.15) is 5.75 Å². The topological polar surface area (TPSA) is 32.8 Å².